The van der Waals surface area contributed by atoms with Gasteiger partial charge in [-0.25, -0.2) is 4.79 Å². The Morgan fingerprint density at radius 3 is 2.50 bits per heavy atom. The number of nitrogens with one attached hydrogen (secondary N) is 1. The number of fused-ring (bicyclic) bond motifs is 1. The fraction of sp³-hybridized carbons (Fsp3) is 0.591. The van der Waals surface area contributed by atoms with Crippen LogP contribution in [-0.2, 0) is 19.8 Å². The summed E-state index contributed by atoms with van der Waals surface area (Å²) < 4.78 is 5.34. The molecule has 8 heteroatoms. The van der Waals surface area contributed by atoms with Crippen molar-refractivity contribution in [1.29, 1.82) is 0 Å². The topological polar surface area (TPSA) is 95.9 Å². The van der Waals surface area contributed by atoms with E-state index in [4.69, 9.17) is 4.74 Å². The number of benzene rings is 1. The zero-order chi connectivity index (χ0) is 21.8. The number of aliphatic carboxylic acids is 1. The van der Waals surface area contributed by atoms with Crippen molar-refractivity contribution in [1.82, 2.24) is 10.2 Å². The maximum atomic E-state index is 13.4. The van der Waals surface area contributed by atoms with Crippen LogP contribution in [0.2, 0.25) is 0 Å². The van der Waals surface area contributed by atoms with Crippen molar-refractivity contribution in [3.63, 3.8) is 0 Å². The molecular formula is C22H28N2O5S. The van der Waals surface area contributed by atoms with Gasteiger partial charge in [0.05, 0.1) is 11.5 Å². The van der Waals surface area contributed by atoms with E-state index in [-0.39, 0.29) is 23.3 Å². The SMILES string of the molecule is CC(C)Oc1ccccc1C1(C(=O)N[C@@H]2C(=O)N3[C@H]2SC(C)(C)[C@H]3C(=O)O)CCC1. The molecule has 30 heavy (non-hydrogen) atoms. The third-order valence-corrected chi connectivity index (χ3v) is 7.94. The highest BCUT2D eigenvalue weighted by Gasteiger charge is 2.65. The first-order chi connectivity index (χ1) is 14.1. The summed E-state index contributed by atoms with van der Waals surface area (Å²) in [5.41, 5.74) is 0.144. The van der Waals surface area contributed by atoms with Crippen LogP contribution in [0, 0.1) is 0 Å². The maximum absolute atomic E-state index is 13.4. The molecule has 1 aromatic rings. The van der Waals surface area contributed by atoms with Crippen molar-refractivity contribution in [2.75, 3.05) is 0 Å². The third-order valence-electron chi connectivity index (χ3n) is 6.37. The number of β-lactam (4-membered cyclic amide) rings is 1. The minimum absolute atomic E-state index is 0.0156. The van der Waals surface area contributed by atoms with Gasteiger partial charge in [0.2, 0.25) is 11.8 Å². The van der Waals surface area contributed by atoms with E-state index in [0.717, 1.165) is 12.0 Å². The predicted molar refractivity (Wildman–Crippen MR) is 113 cm³/mol. The van der Waals surface area contributed by atoms with Crippen LogP contribution in [0.4, 0.5) is 0 Å². The van der Waals surface area contributed by atoms with Crippen molar-refractivity contribution < 1.29 is 24.2 Å². The van der Waals surface area contributed by atoms with Gasteiger partial charge in [0.25, 0.3) is 0 Å². The number of amides is 2. The van der Waals surface area contributed by atoms with Gasteiger partial charge >= 0.3 is 5.97 Å². The summed E-state index contributed by atoms with van der Waals surface area (Å²) in [5, 5.41) is 12.2. The Morgan fingerprint density at radius 1 is 1.27 bits per heavy atom. The Hall–Kier alpha value is -2.22. The largest absolute Gasteiger partial charge is 0.491 e. The molecule has 0 unspecified atom stereocenters. The molecule has 0 bridgehead atoms. The number of rotatable bonds is 6. The van der Waals surface area contributed by atoms with Crippen LogP contribution in [0.5, 0.6) is 5.75 Å². The molecule has 3 aliphatic rings. The quantitative estimate of drug-likeness (QED) is 0.671. The molecule has 1 aromatic carbocycles. The minimum atomic E-state index is -1.01. The van der Waals surface area contributed by atoms with Crippen molar-refractivity contribution in [3.8, 4) is 5.75 Å². The molecule has 162 valence electrons. The standard InChI is InChI=1S/C22H28N2O5S/c1-12(2)29-14-9-6-5-8-13(14)22(10-7-11-22)20(28)23-15-17(25)24-16(19(26)27)21(3,4)30-18(15)24/h5-6,8-9,12,15-16,18H,7,10-11H2,1-4H3,(H,23,28)(H,26,27)/t15-,16-,18+/m1/s1. The van der Waals surface area contributed by atoms with Crippen LogP contribution in [0.25, 0.3) is 0 Å². The maximum Gasteiger partial charge on any atom is 0.327 e. The van der Waals surface area contributed by atoms with Gasteiger partial charge in [-0.05, 0) is 46.6 Å². The number of thioether (sulfide) groups is 1. The summed E-state index contributed by atoms with van der Waals surface area (Å²) in [6.45, 7) is 7.55. The number of ether oxygens (including phenoxy) is 1. The number of nitrogens with zero attached hydrogens (tertiary/aromatic N) is 1. The average Bonchev–Trinajstić information content (AvgIpc) is 2.88. The second-order valence-electron chi connectivity index (χ2n) is 9.15. The van der Waals surface area contributed by atoms with Gasteiger partial charge in [-0.3, -0.25) is 9.59 Å². The Bertz CT molecular complexity index is 895. The lowest BCUT2D eigenvalue weighted by Crippen LogP contribution is -2.72. The highest BCUT2D eigenvalue weighted by Crippen LogP contribution is 2.52. The Labute approximate surface area is 180 Å². The molecule has 2 saturated heterocycles. The molecule has 2 aliphatic heterocycles. The molecule has 4 rings (SSSR count). The number of hydrogen-bond donors (Lipinski definition) is 2. The van der Waals surface area contributed by atoms with Gasteiger partial charge in [0, 0.05) is 10.3 Å². The lowest BCUT2D eigenvalue weighted by molar-refractivity contribution is -0.161. The summed E-state index contributed by atoms with van der Waals surface area (Å²) >= 11 is 1.44. The number of hydrogen-bond acceptors (Lipinski definition) is 5. The first-order valence-electron chi connectivity index (χ1n) is 10.4. The van der Waals surface area contributed by atoms with Gasteiger partial charge < -0.3 is 20.1 Å². The molecule has 2 amide bonds. The van der Waals surface area contributed by atoms with Crippen LogP contribution in [-0.4, -0.2) is 56.1 Å². The highest BCUT2D eigenvalue weighted by molar-refractivity contribution is 8.01. The Kier molecular flexibility index (Phi) is 5.03. The lowest BCUT2D eigenvalue weighted by Gasteiger charge is -2.47. The van der Waals surface area contributed by atoms with Crippen LogP contribution in [0.15, 0.2) is 24.3 Å². The molecule has 2 N–H and O–H groups in total. The van der Waals surface area contributed by atoms with E-state index in [1.807, 2.05) is 52.0 Å². The van der Waals surface area contributed by atoms with E-state index in [2.05, 4.69) is 5.32 Å². The fourth-order valence-corrected chi connectivity index (χ4v) is 6.42. The normalized spacial score (nSPS) is 28.4. The van der Waals surface area contributed by atoms with Gasteiger partial charge in [-0.2, -0.15) is 0 Å². The number of carbonyl (C=O) groups is 3. The molecule has 0 spiro atoms. The second-order valence-corrected chi connectivity index (χ2v) is 10.9. The molecular weight excluding hydrogens is 404 g/mol. The predicted octanol–water partition coefficient (Wildman–Crippen LogP) is 2.53. The van der Waals surface area contributed by atoms with Crippen LogP contribution in [0.3, 0.4) is 0 Å². The second kappa shape index (κ2) is 7.18. The number of para-hydroxylation sites is 1. The monoisotopic (exact) mass is 432 g/mol. The van der Waals surface area contributed by atoms with Crippen molar-refractivity contribution in [2.45, 2.75) is 80.7 Å². The van der Waals surface area contributed by atoms with E-state index >= 15 is 0 Å². The summed E-state index contributed by atoms with van der Waals surface area (Å²) in [6.07, 6.45) is 2.31. The Morgan fingerprint density at radius 2 is 1.93 bits per heavy atom. The lowest BCUT2D eigenvalue weighted by atomic mass is 9.63. The van der Waals surface area contributed by atoms with E-state index in [9.17, 15) is 19.5 Å². The zero-order valence-corrected chi connectivity index (χ0v) is 18.5. The van der Waals surface area contributed by atoms with Crippen molar-refractivity contribution in [3.05, 3.63) is 29.8 Å². The Balaban J connectivity index is 1.56. The van der Waals surface area contributed by atoms with Gasteiger partial charge in [-0.1, -0.05) is 24.6 Å². The fourth-order valence-electron chi connectivity index (χ4n) is 4.79. The van der Waals surface area contributed by atoms with Crippen molar-refractivity contribution >= 4 is 29.5 Å². The van der Waals surface area contributed by atoms with Crippen LogP contribution in [0.1, 0.15) is 52.5 Å². The van der Waals surface area contributed by atoms with E-state index < -0.39 is 28.2 Å². The summed E-state index contributed by atoms with van der Waals surface area (Å²) in [7, 11) is 0. The number of carbonyl (C=O) groups excluding carboxylic acids is 2. The van der Waals surface area contributed by atoms with Crippen LogP contribution < -0.4 is 10.1 Å². The molecule has 2 heterocycles. The summed E-state index contributed by atoms with van der Waals surface area (Å²) in [5.74, 6) is -0.807. The van der Waals surface area contributed by atoms with Gasteiger partial charge in [0.1, 0.15) is 23.2 Å². The minimum Gasteiger partial charge on any atom is -0.491 e. The zero-order valence-electron chi connectivity index (χ0n) is 17.7. The average molecular weight is 433 g/mol. The highest BCUT2D eigenvalue weighted by atomic mass is 32.2. The van der Waals surface area contributed by atoms with E-state index in [1.54, 1.807) is 0 Å². The molecule has 1 saturated carbocycles. The molecule has 1 aliphatic carbocycles. The summed E-state index contributed by atoms with van der Waals surface area (Å²) in [6, 6.07) is 6.03. The molecule has 0 aromatic heterocycles. The first kappa shape index (κ1) is 21.0. The molecule has 3 atom stereocenters. The van der Waals surface area contributed by atoms with Gasteiger partial charge in [-0.15, -0.1) is 11.8 Å². The van der Waals surface area contributed by atoms with E-state index in [1.165, 1.54) is 16.7 Å². The van der Waals surface area contributed by atoms with E-state index in [0.29, 0.717) is 18.6 Å². The number of carboxylic acid groups (broad SMARTS) is 1. The van der Waals surface area contributed by atoms with Gasteiger partial charge in [0.15, 0.2) is 0 Å². The molecule has 7 nitrogen and oxygen atoms in total. The first-order valence-corrected chi connectivity index (χ1v) is 11.3. The van der Waals surface area contributed by atoms with Crippen LogP contribution >= 0.6 is 11.8 Å². The smallest absolute Gasteiger partial charge is 0.327 e. The van der Waals surface area contributed by atoms with Crippen molar-refractivity contribution in [2.24, 2.45) is 0 Å². The summed E-state index contributed by atoms with van der Waals surface area (Å²) in [4.78, 5) is 39.3. The molecule has 3 fully saturated rings. The number of carboxylic acids is 1. The molecule has 0 radical (unpaired) electrons. The third kappa shape index (κ3) is 3.07.